The highest BCUT2D eigenvalue weighted by atomic mass is 15.4. The van der Waals surface area contributed by atoms with Gasteiger partial charge < -0.3 is 10.6 Å². The summed E-state index contributed by atoms with van der Waals surface area (Å²) in [7, 11) is 0. The summed E-state index contributed by atoms with van der Waals surface area (Å²) in [5, 5.41) is 7.40. The van der Waals surface area contributed by atoms with Gasteiger partial charge in [-0.3, -0.25) is 5.10 Å². The molecule has 3 rings (SSSR count). The second kappa shape index (κ2) is 5.63. The summed E-state index contributed by atoms with van der Waals surface area (Å²) in [4.78, 5) is 6.83. The van der Waals surface area contributed by atoms with Crippen molar-refractivity contribution in [3.05, 3.63) is 41.7 Å². The van der Waals surface area contributed by atoms with E-state index in [1.165, 1.54) is 5.56 Å². The van der Waals surface area contributed by atoms with Gasteiger partial charge in [-0.2, -0.15) is 4.98 Å². The van der Waals surface area contributed by atoms with Crippen LogP contribution in [-0.2, 0) is 6.42 Å². The Morgan fingerprint density at radius 2 is 2.15 bits per heavy atom. The number of benzene rings is 1. The molecule has 106 valence electrons. The molecule has 1 aliphatic rings. The Balaban J connectivity index is 1.73. The molecule has 0 amide bonds. The van der Waals surface area contributed by atoms with Crippen LogP contribution in [0.3, 0.4) is 0 Å². The van der Waals surface area contributed by atoms with Crippen molar-refractivity contribution in [2.24, 2.45) is 5.73 Å². The van der Waals surface area contributed by atoms with Gasteiger partial charge in [0.25, 0.3) is 0 Å². The maximum atomic E-state index is 6.13. The normalized spacial score (nSPS) is 23.0. The second-order valence-corrected chi connectivity index (χ2v) is 5.48. The van der Waals surface area contributed by atoms with E-state index in [4.69, 9.17) is 5.73 Å². The zero-order chi connectivity index (χ0) is 13.9. The molecule has 0 saturated carbocycles. The first-order chi connectivity index (χ1) is 9.74. The van der Waals surface area contributed by atoms with E-state index in [-0.39, 0.29) is 6.04 Å². The Hall–Kier alpha value is -1.88. The largest absolute Gasteiger partial charge is 0.335 e. The van der Waals surface area contributed by atoms with E-state index in [1.807, 2.05) is 18.2 Å². The third kappa shape index (κ3) is 2.67. The quantitative estimate of drug-likeness (QED) is 0.891. The molecule has 3 N–H and O–H groups in total. The highest BCUT2D eigenvalue weighted by Crippen LogP contribution is 2.21. The van der Waals surface area contributed by atoms with Crippen molar-refractivity contribution >= 4 is 5.95 Å². The van der Waals surface area contributed by atoms with Crippen LogP contribution in [0.5, 0.6) is 0 Å². The summed E-state index contributed by atoms with van der Waals surface area (Å²) < 4.78 is 0. The minimum atomic E-state index is 0.208. The van der Waals surface area contributed by atoms with Crippen LogP contribution >= 0.6 is 0 Å². The third-order valence-corrected chi connectivity index (χ3v) is 4.04. The van der Waals surface area contributed by atoms with Gasteiger partial charge in [0.15, 0.2) is 0 Å². The number of nitrogens with two attached hydrogens (primary N) is 1. The van der Waals surface area contributed by atoms with E-state index in [2.05, 4.69) is 39.1 Å². The average Bonchev–Trinajstić information content (AvgIpc) is 2.91. The number of aromatic nitrogens is 3. The fourth-order valence-corrected chi connectivity index (χ4v) is 2.74. The van der Waals surface area contributed by atoms with Gasteiger partial charge >= 0.3 is 0 Å². The molecule has 1 saturated heterocycles. The number of nitrogens with one attached hydrogen (secondary N) is 1. The van der Waals surface area contributed by atoms with Gasteiger partial charge in [0.2, 0.25) is 5.95 Å². The summed E-state index contributed by atoms with van der Waals surface area (Å²) in [6, 6.07) is 10.8. The number of aromatic amines is 1. The summed E-state index contributed by atoms with van der Waals surface area (Å²) in [6.45, 7) is 3.13. The van der Waals surface area contributed by atoms with E-state index in [0.29, 0.717) is 6.04 Å². The van der Waals surface area contributed by atoms with E-state index in [0.717, 1.165) is 37.6 Å². The molecule has 1 aromatic heterocycles. The fraction of sp³-hybridized carbons (Fsp3) is 0.467. The zero-order valence-electron chi connectivity index (χ0n) is 11.8. The molecule has 1 aromatic carbocycles. The molecule has 5 nitrogen and oxygen atoms in total. The number of piperidine rings is 1. The van der Waals surface area contributed by atoms with Crippen molar-refractivity contribution < 1.29 is 0 Å². The molecule has 1 aliphatic heterocycles. The van der Waals surface area contributed by atoms with Gasteiger partial charge in [-0.15, -0.1) is 5.10 Å². The lowest BCUT2D eigenvalue weighted by Gasteiger charge is -2.36. The van der Waals surface area contributed by atoms with E-state index in [1.54, 1.807) is 0 Å². The van der Waals surface area contributed by atoms with Crippen LogP contribution in [0.25, 0.3) is 0 Å². The van der Waals surface area contributed by atoms with Crippen molar-refractivity contribution in [2.75, 3.05) is 11.4 Å². The molecule has 2 atom stereocenters. The second-order valence-electron chi connectivity index (χ2n) is 5.48. The van der Waals surface area contributed by atoms with Crippen LogP contribution in [0, 0.1) is 0 Å². The van der Waals surface area contributed by atoms with Gasteiger partial charge in [0, 0.05) is 25.0 Å². The predicted octanol–water partition coefficient (Wildman–Crippen LogP) is 1.71. The lowest BCUT2D eigenvalue weighted by Crippen LogP contribution is -2.50. The van der Waals surface area contributed by atoms with Crippen molar-refractivity contribution in [2.45, 2.75) is 38.3 Å². The first-order valence-corrected chi connectivity index (χ1v) is 7.21. The SMILES string of the molecule is CC1C(N)CCCN1c1n[nH]c(Cc2ccccc2)n1. The molecular weight excluding hydrogens is 250 g/mol. The van der Waals surface area contributed by atoms with Crippen molar-refractivity contribution in [1.82, 2.24) is 15.2 Å². The van der Waals surface area contributed by atoms with E-state index < -0.39 is 0 Å². The monoisotopic (exact) mass is 271 g/mol. The minimum Gasteiger partial charge on any atom is -0.335 e. The lowest BCUT2D eigenvalue weighted by molar-refractivity contribution is 0.416. The maximum Gasteiger partial charge on any atom is 0.245 e. The Kier molecular flexibility index (Phi) is 3.69. The molecule has 2 aromatic rings. The zero-order valence-corrected chi connectivity index (χ0v) is 11.8. The molecular formula is C15H21N5. The van der Waals surface area contributed by atoms with Crippen LogP contribution in [0.2, 0.25) is 0 Å². The van der Waals surface area contributed by atoms with Crippen LogP contribution < -0.4 is 10.6 Å². The topological polar surface area (TPSA) is 70.8 Å². The highest BCUT2D eigenvalue weighted by Gasteiger charge is 2.27. The van der Waals surface area contributed by atoms with Crippen molar-refractivity contribution in [1.29, 1.82) is 0 Å². The number of nitrogens with zero attached hydrogens (tertiary/aromatic N) is 3. The maximum absolute atomic E-state index is 6.13. The van der Waals surface area contributed by atoms with Crippen LogP contribution in [0.1, 0.15) is 31.2 Å². The molecule has 20 heavy (non-hydrogen) atoms. The minimum absolute atomic E-state index is 0.208. The smallest absolute Gasteiger partial charge is 0.245 e. The Morgan fingerprint density at radius 1 is 1.35 bits per heavy atom. The van der Waals surface area contributed by atoms with Gasteiger partial charge in [-0.1, -0.05) is 30.3 Å². The van der Waals surface area contributed by atoms with Gasteiger partial charge in [-0.05, 0) is 25.3 Å². The summed E-state index contributed by atoms with van der Waals surface area (Å²) >= 11 is 0. The highest BCUT2D eigenvalue weighted by molar-refractivity contribution is 5.33. The Labute approximate surface area is 119 Å². The molecule has 5 heteroatoms. The van der Waals surface area contributed by atoms with Gasteiger partial charge in [-0.25, -0.2) is 0 Å². The molecule has 0 spiro atoms. The molecule has 0 bridgehead atoms. The number of hydrogen-bond acceptors (Lipinski definition) is 4. The molecule has 1 fully saturated rings. The van der Waals surface area contributed by atoms with Crippen LogP contribution in [0.15, 0.2) is 30.3 Å². The number of H-pyrrole nitrogens is 1. The van der Waals surface area contributed by atoms with Gasteiger partial charge in [0.05, 0.1) is 0 Å². The van der Waals surface area contributed by atoms with E-state index in [9.17, 15) is 0 Å². The lowest BCUT2D eigenvalue weighted by atomic mass is 9.99. The van der Waals surface area contributed by atoms with Crippen molar-refractivity contribution in [3.8, 4) is 0 Å². The third-order valence-electron chi connectivity index (χ3n) is 4.04. The predicted molar refractivity (Wildman–Crippen MR) is 79.6 cm³/mol. The van der Waals surface area contributed by atoms with E-state index >= 15 is 0 Å². The van der Waals surface area contributed by atoms with Crippen LogP contribution in [-0.4, -0.2) is 33.8 Å². The molecule has 2 unspecified atom stereocenters. The Morgan fingerprint density at radius 3 is 2.95 bits per heavy atom. The standard InChI is InChI=1S/C15H21N5/c1-11-13(16)8-5-9-20(11)15-17-14(18-19-15)10-12-6-3-2-4-7-12/h2-4,6-7,11,13H,5,8-10,16H2,1H3,(H,17,18,19). The van der Waals surface area contributed by atoms with Crippen molar-refractivity contribution in [3.63, 3.8) is 0 Å². The average molecular weight is 271 g/mol. The molecule has 0 radical (unpaired) electrons. The van der Waals surface area contributed by atoms with Crippen LogP contribution in [0.4, 0.5) is 5.95 Å². The fourth-order valence-electron chi connectivity index (χ4n) is 2.74. The molecule has 2 heterocycles. The number of anilines is 1. The summed E-state index contributed by atoms with van der Waals surface area (Å²) in [5.41, 5.74) is 7.36. The summed E-state index contributed by atoms with van der Waals surface area (Å²) in [5.74, 6) is 1.68. The molecule has 0 aliphatic carbocycles. The first kappa shape index (κ1) is 13.1. The number of hydrogen-bond donors (Lipinski definition) is 2. The first-order valence-electron chi connectivity index (χ1n) is 7.21. The Bertz CT molecular complexity index is 550. The number of rotatable bonds is 3. The van der Waals surface area contributed by atoms with Gasteiger partial charge in [0.1, 0.15) is 5.82 Å². The summed E-state index contributed by atoms with van der Waals surface area (Å²) in [6.07, 6.45) is 2.97.